The van der Waals surface area contributed by atoms with Crippen molar-refractivity contribution >= 4 is 11.6 Å². The summed E-state index contributed by atoms with van der Waals surface area (Å²) in [7, 11) is 0. The molecule has 0 bridgehead atoms. The van der Waals surface area contributed by atoms with Gasteiger partial charge in [-0.1, -0.05) is 25.3 Å². The fraction of sp³-hybridized carbons (Fsp3) is 0.222. The minimum absolute atomic E-state index is 0.704. The molecular formula is C9H12ClN2+. The van der Waals surface area contributed by atoms with Crippen LogP contribution in [-0.2, 0) is 13.1 Å². The molecule has 0 fully saturated rings. The van der Waals surface area contributed by atoms with Crippen LogP contribution in [0.1, 0.15) is 0 Å². The smallest absolute Gasteiger partial charge is 0.216 e. The van der Waals surface area contributed by atoms with Gasteiger partial charge in [-0.05, 0) is 0 Å². The maximum absolute atomic E-state index is 6.01. The summed E-state index contributed by atoms with van der Waals surface area (Å²) < 4.78 is 3.83. The van der Waals surface area contributed by atoms with E-state index in [1.54, 1.807) is 0 Å². The van der Waals surface area contributed by atoms with E-state index >= 15 is 0 Å². The van der Waals surface area contributed by atoms with Gasteiger partial charge in [0.25, 0.3) is 0 Å². The Balaban J connectivity index is 2.87. The van der Waals surface area contributed by atoms with Gasteiger partial charge in [0.05, 0.1) is 0 Å². The van der Waals surface area contributed by atoms with Gasteiger partial charge in [0.15, 0.2) is 0 Å². The fourth-order valence-electron chi connectivity index (χ4n) is 0.999. The lowest BCUT2D eigenvalue weighted by molar-refractivity contribution is -0.684. The number of halogens is 1. The molecule has 3 heteroatoms. The van der Waals surface area contributed by atoms with Crippen LogP contribution in [0.3, 0.4) is 0 Å². The number of allylic oxidation sites excluding steroid dienone is 2. The van der Waals surface area contributed by atoms with Crippen LogP contribution in [0, 0.1) is 0 Å². The highest BCUT2D eigenvalue weighted by atomic mass is 35.5. The molecule has 12 heavy (non-hydrogen) atoms. The highest BCUT2D eigenvalue weighted by Crippen LogP contribution is 2.02. The maximum atomic E-state index is 6.01. The first kappa shape index (κ1) is 9.07. The van der Waals surface area contributed by atoms with Gasteiger partial charge in [0, 0.05) is 11.6 Å². The third-order valence-electron chi connectivity index (χ3n) is 1.55. The zero-order valence-corrected chi connectivity index (χ0v) is 7.67. The van der Waals surface area contributed by atoms with Crippen molar-refractivity contribution in [1.29, 1.82) is 0 Å². The second-order valence-electron chi connectivity index (χ2n) is 2.45. The average Bonchev–Trinajstić information content (AvgIpc) is 2.38. The Labute approximate surface area is 77.4 Å². The molecule has 0 aliphatic carbocycles. The first-order valence-electron chi connectivity index (χ1n) is 3.75. The van der Waals surface area contributed by atoms with E-state index in [4.69, 9.17) is 11.6 Å². The SMILES string of the molecule is C=CCn1cc[n+](CC=C)c1Cl. The van der Waals surface area contributed by atoms with Crippen molar-refractivity contribution in [2.45, 2.75) is 13.1 Å². The highest BCUT2D eigenvalue weighted by Gasteiger charge is 2.10. The van der Waals surface area contributed by atoms with Gasteiger partial charge in [-0.15, -0.1) is 0 Å². The van der Waals surface area contributed by atoms with E-state index in [9.17, 15) is 0 Å². The summed E-state index contributed by atoms with van der Waals surface area (Å²) in [5.74, 6) is 0. The number of rotatable bonds is 4. The first-order chi connectivity index (χ1) is 5.79. The van der Waals surface area contributed by atoms with Crippen LogP contribution >= 0.6 is 11.6 Å². The monoisotopic (exact) mass is 183 g/mol. The first-order valence-corrected chi connectivity index (χ1v) is 4.13. The Morgan fingerprint density at radius 1 is 1.50 bits per heavy atom. The molecule has 0 aliphatic rings. The molecule has 1 heterocycles. The number of hydrogen-bond acceptors (Lipinski definition) is 0. The van der Waals surface area contributed by atoms with E-state index in [0.29, 0.717) is 5.28 Å². The zero-order valence-electron chi connectivity index (χ0n) is 6.91. The number of hydrogen-bond donors (Lipinski definition) is 0. The Bertz CT molecular complexity index is 261. The van der Waals surface area contributed by atoms with Crippen LogP contribution in [0.4, 0.5) is 0 Å². The molecule has 0 amide bonds. The Morgan fingerprint density at radius 2 is 2.25 bits per heavy atom. The summed E-state index contributed by atoms with van der Waals surface area (Å²) in [4.78, 5) is 0. The van der Waals surface area contributed by atoms with Gasteiger partial charge in [0.2, 0.25) is 0 Å². The fourth-order valence-corrected chi connectivity index (χ4v) is 1.25. The molecule has 0 saturated heterocycles. The molecule has 0 spiro atoms. The van der Waals surface area contributed by atoms with Crippen molar-refractivity contribution in [2.75, 3.05) is 0 Å². The zero-order chi connectivity index (χ0) is 8.97. The average molecular weight is 184 g/mol. The topological polar surface area (TPSA) is 8.81 Å². The molecular weight excluding hydrogens is 172 g/mol. The van der Waals surface area contributed by atoms with Crippen LogP contribution in [0.5, 0.6) is 0 Å². The van der Waals surface area contributed by atoms with E-state index in [-0.39, 0.29) is 0 Å². The van der Waals surface area contributed by atoms with Crippen molar-refractivity contribution in [3.8, 4) is 0 Å². The van der Waals surface area contributed by atoms with Gasteiger partial charge in [0.1, 0.15) is 25.5 Å². The third-order valence-corrected chi connectivity index (χ3v) is 1.99. The van der Waals surface area contributed by atoms with Crippen molar-refractivity contribution in [2.24, 2.45) is 0 Å². The van der Waals surface area contributed by atoms with Gasteiger partial charge in [-0.25, -0.2) is 9.13 Å². The van der Waals surface area contributed by atoms with Gasteiger partial charge < -0.3 is 0 Å². The van der Waals surface area contributed by atoms with E-state index in [2.05, 4.69) is 13.2 Å². The van der Waals surface area contributed by atoms with Crippen molar-refractivity contribution in [3.05, 3.63) is 43.0 Å². The molecule has 1 rings (SSSR count). The summed E-state index contributed by atoms with van der Waals surface area (Å²) >= 11 is 6.01. The molecule has 0 aromatic carbocycles. The Morgan fingerprint density at radius 3 is 2.83 bits per heavy atom. The summed E-state index contributed by atoms with van der Waals surface area (Å²) in [5.41, 5.74) is 0. The normalized spacial score (nSPS) is 9.75. The van der Waals surface area contributed by atoms with Crippen molar-refractivity contribution in [1.82, 2.24) is 4.57 Å². The predicted octanol–water partition coefficient (Wildman–Crippen LogP) is 1.80. The van der Waals surface area contributed by atoms with E-state index in [0.717, 1.165) is 13.1 Å². The maximum Gasteiger partial charge on any atom is 0.355 e. The van der Waals surface area contributed by atoms with Crippen LogP contribution in [0.2, 0.25) is 5.28 Å². The minimum atomic E-state index is 0.704. The standard InChI is InChI=1S/C9H12ClN2/c1-3-5-11-7-8-12(6-4-2)9(11)10/h3-4,7-8H,1-2,5-6H2/q+1. The molecule has 0 saturated carbocycles. The predicted molar refractivity (Wildman–Crippen MR) is 50.0 cm³/mol. The molecule has 64 valence electrons. The van der Waals surface area contributed by atoms with Gasteiger partial charge in [-0.2, -0.15) is 0 Å². The second-order valence-corrected chi connectivity index (χ2v) is 2.79. The lowest BCUT2D eigenvalue weighted by Gasteiger charge is -1.92. The molecule has 2 nitrogen and oxygen atoms in total. The molecule has 0 unspecified atom stereocenters. The number of aromatic nitrogens is 2. The second kappa shape index (κ2) is 4.12. The molecule has 0 aliphatic heterocycles. The lowest BCUT2D eigenvalue weighted by Crippen LogP contribution is -2.32. The quantitative estimate of drug-likeness (QED) is 0.497. The third kappa shape index (κ3) is 1.77. The molecule has 0 N–H and O–H groups in total. The molecule has 0 atom stereocenters. The van der Waals surface area contributed by atoms with Gasteiger partial charge >= 0.3 is 5.28 Å². The molecule has 0 radical (unpaired) electrons. The van der Waals surface area contributed by atoms with E-state index in [1.165, 1.54) is 0 Å². The highest BCUT2D eigenvalue weighted by molar-refractivity contribution is 6.27. The van der Waals surface area contributed by atoms with Gasteiger partial charge in [-0.3, -0.25) is 0 Å². The van der Waals surface area contributed by atoms with Crippen LogP contribution in [-0.4, -0.2) is 4.57 Å². The van der Waals surface area contributed by atoms with Crippen LogP contribution in [0.15, 0.2) is 37.7 Å². The number of imidazole rings is 1. The van der Waals surface area contributed by atoms with Crippen LogP contribution < -0.4 is 4.57 Å². The molecule has 1 aromatic rings. The molecule has 1 aromatic heterocycles. The van der Waals surface area contributed by atoms with Crippen molar-refractivity contribution < 1.29 is 4.57 Å². The summed E-state index contributed by atoms with van der Waals surface area (Å²) in [6.07, 6.45) is 7.47. The largest absolute Gasteiger partial charge is 0.355 e. The lowest BCUT2D eigenvalue weighted by atomic mass is 10.6. The Hall–Kier alpha value is -1.02. The number of nitrogens with zero attached hydrogens (tertiary/aromatic N) is 2. The summed E-state index contributed by atoms with van der Waals surface area (Å²) in [5, 5.41) is 0.704. The Kier molecular flexibility index (Phi) is 3.11. The van der Waals surface area contributed by atoms with Crippen molar-refractivity contribution in [3.63, 3.8) is 0 Å². The minimum Gasteiger partial charge on any atom is -0.216 e. The van der Waals surface area contributed by atoms with Crippen LogP contribution in [0.25, 0.3) is 0 Å². The summed E-state index contributed by atoms with van der Waals surface area (Å²) in [6.45, 7) is 8.76. The van der Waals surface area contributed by atoms with E-state index in [1.807, 2.05) is 33.7 Å². The van der Waals surface area contributed by atoms with E-state index < -0.39 is 0 Å². The summed E-state index contributed by atoms with van der Waals surface area (Å²) in [6, 6.07) is 0.